The number of halogens is 2. The van der Waals surface area contributed by atoms with E-state index in [0.717, 1.165) is 14.8 Å². The van der Waals surface area contributed by atoms with Crippen LogP contribution in [0.1, 0.15) is 11.1 Å². The number of rotatable bonds is 2. The number of nitrogens with zero attached hydrogens (tertiary/aromatic N) is 2. The van der Waals surface area contributed by atoms with Gasteiger partial charge in [-0.25, -0.2) is 4.39 Å². The van der Waals surface area contributed by atoms with Crippen LogP contribution in [0.15, 0.2) is 30.5 Å². The van der Waals surface area contributed by atoms with Crippen LogP contribution in [0.25, 0.3) is 0 Å². The Morgan fingerprint density at radius 1 is 1.33 bits per heavy atom. The van der Waals surface area contributed by atoms with Crippen molar-refractivity contribution in [1.82, 2.24) is 9.78 Å². The van der Waals surface area contributed by atoms with Gasteiger partial charge in [0.15, 0.2) is 0 Å². The topological polar surface area (TPSA) is 17.8 Å². The van der Waals surface area contributed by atoms with Gasteiger partial charge in [-0.2, -0.15) is 5.10 Å². The number of aryl methyl sites for hydroxylation is 1. The van der Waals surface area contributed by atoms with Crippen molar-refractivity contribution in [3.63, 3.8) is 0 Å². The van der Waals surface area contributed by atoms with Gasteiger partial charge in [0.25, 0.3) is 0 Å². The summed E-state index contributed by atoms with van der Waals surface area (Å²) in [6, 6.07) is 6.49. The van der Waals surface area contributed by atoms with E-state index in [1.165, 1.54) is 12.1 Å². The van der Waals surface area contributed by atoms with Gasteiger partial charge in [0.1, 0.15) is 9.52 Å². The molecule has 0 fully saturated rings. The van der Waals surface area contributed by atoms with E-state index in [0.29, 0.717) is 6.54 Å². The Balaban J connectivity index is 2.18. The van der Waals surface area contributed by atoms with E-state index in [1.807, 2.05) is 17.8 Å². The van der Waals surface area contributed by atoms with Gasteiger partial charge in [0, 0.05) is 11.8 Å². The Morgan fingerprint density at radius 3 is 2.53 bits per heavy atom. The standard InChI is InChI=1S/C11H10FIN2/c1-8-6-15(14-11(8)13)7-9-2-4-10(12)5-3-9/h2-6H,7H2,1H3. The van der Waals surface area contributed by atoms with Crippen LogP contribution in [0.3, 0.4) is 0 Å². The average Bonchev–Trinajstić information content (AvgIpc) is 2.50. The SMILES string of the molecule is Cc1cn(Cc2ccc(F)cc2)nc1I. The maximum atomic E-state index is 12.7. The maximum Gasteiger partial charge on any atom is 0.126 e. The number of benzene rings is 1. The Hall–Kier alpha value is -0.910. The van der Waals surface area contributed by atoms with E-state index in [2.05, 4.69) is 27.7 Å². The molecule has 0 aliphatic carbocycles. The minimum atomic E-state index is -0.204. The van der Waals surface area contributed by atoms with Gasteiger partial charge >= 0.3 is 0 Å². The van der Waals surface area contributed by atoms with Crippen molar-refractivity contribution in [3.05, 3.63) is 51.1 Å². The van der Waals surface area contributed by atoms with Crippen LogP contribution >= 0.6 is 22.6 Å². The van der Waals surface area contributed by atoms with E-state index < -0.39 is 0 Å². The zero-order valence-electron chi connectivity index (χ0n) is 8.24. The summed E-state index contributed by atoms with van der Waals surface area (Å²) in [4.78, 5) is 0. The lowest BCUT2D eigenvalue weighted by molar-refractivity contribution is 0.624. The van der Waals surface area contributed by atoms with E-state index in [-0.39, 0.29) is 5.82 Å². The van der Waals surface area contributed by atoms with Crippen LogP contribution < -0.4 is 0 Å². The maximum absolute atomic E-state index is 12.7. The molecule has 0 saturated carbocycles. The zero-order chi connectivity index (χ0) is 10.8. The van der Waals surface area contributed by atoms with Gasteiger partial charge in [0.05, 0.1) is 6.54 Å². The molecule has 2 aromatic rings. The molecule has 1 aromatic carbocycles. The van der Waals surface area contributed by atoms with Crippen molar-refractivity contribution in [1.29, 1.82) is 0 Å². The second-order valence-corrected chi connectivity index (χ2v) is 4.45. The van der Waals surface area contributed by atoms with Crippen molar-refractivity contribution < 1.29 is 4.39 Å². The number of hydrogen-bond donors (Lipinski definition) is 0. The molecule has 2 nitrogen and oxygen atoms in total. The molecule has 0 N–H and O–H groups in total. The summed E-state index contributed by atoms with van der Waals surface area (Å²) in [7, 11) is 0. The molecule has 0 bridgehead atoms. The summed E-state index contributed by atoms with van der Waals surface area (Å²) in [5.74, 6) is -0.204. The summed E-state index contributed by atoms with van der Waals surface area (Å²) in [6.45, 7) is 2.71. The van der Waals surface area contributed by atoms with Gasteiger partial charge in [-0.15, -0.1) is 0 Å². The van der Waals surface area contributed by atoms with Crippen molar-refractivity contribution in [2.45, 2.75) is 13.5 Å². The lowest BCUT2D eigenvalue weighted by Gasteiger charge is -2.00. The Bertz CT molecular complexity index is 442. The van der Waals surface area contributed by atoms with Gasteiger partial charge in [-0.1, -0.05) is 12.1 Å². The van der Waals surface area contributed by atoms with Crippen molar-refractivity contribution >= 4 is 22.6 Å². The van der Waals surface area contributed by atoms with Crippen molar-refractivity contribution in [2.24, 2.45) is 0 Å². The van der Waals surface area contributed by atoms with Gasteiger partial charge in [0.2, 0.25) is 0 Å². The molecule has 15 heavy (non-hydrogen) atoms. The van der Waals surface area contributed by atoms with Crippen LogP contribution in [0.4, 0.5) is 4.39 Å². The van der Waals surface area contributed by atoms with Crippen LogP contribution in [-0.4, -0.2) is 9.78 Å². The molecular formula is C11H10FIN2. The molecule has 4 heteroatoms. The average molecular weight is 316 g/mol. The first-order chi connectivity index (χ1) is 7.15. The van der Waals surface area contributed by atoms with Gasteiger partial charge in [-0.3, -0.25) is 4.68 Å². The van der Waals surface area contributed by atoms with Crippen LogP contribution in [0, 0.1) is 16.4 Å². The normalized spacial score (nSPS) is 10.6. The molecule has 1 aromatic heterocycles. The molecule has 0 saturated heterocycles. The second kappa shape index (κ2) is 4.30. The van der Waals surface area contributed by atoms with Crippen molar-refractivity contribution in [2.75, 3.05) is 0 Å². The van der Waals surface area contributed by atoms with E-state index >= 15 is 0 Å². The summed E-state index contributed by atoms with van der Waals surface area (Å²) in [5.41, 5.74) is 2.22. The predicted octanol–water partition coefficient (Wildman–Crippen LogP) is 2.98. The molecule has 2 rings (SSSR count). The third-order valence-electron chi connectivity index (χ3n) is 2.14. The zero-order valence-corrected chi connectivity index (χ0v) is 10.4. The molecule has 78 valence electrons. The molecule has 0 amide bonds. The van der Waals surface area contributed by atoms with Crippen LogP contribution in [0.2, 0.25) is 0 Å². The second-order valence-electron chi connectivity index (χ2n) is 3.43. The van der Waals surface area contributed by atoms with E-state index in [1.54, 1.807) is 12.1 Å². The lowest BCUT2D eigenvalue weighted by Crippen LogP contribution is -2.00. The molecule has 0 atom stereocenters. The Kier molecular flexibility index (Phi) is 3.04. The summed E-state index contributed by atoms with van der Waals surface area (Å²) in [5, 5.41) is 4.34. The Morgan fingerprint density at radius 2 is 2.00 bits per heavy atom. The first-order valence-corrected chi connectivity index (χ1v) is 5.67. The van der Waals surface area contributed by atoms with Crippen LogP contribution in [0.5, 0.6) is 0 Å². The first-order valence-electron chi connectivity index (χ1n) is 4.59. The molecule has 1 heterocycles. The predicted molar refractivity (Wildman–Crippen MR) is 65.2 cm³/mol. The van der Waals surface area contributed by atoms with Gasteiger partial charge in [-0.05, 0) is 47.2 Å². The third kappa shape index (κ3) is 2.56. The fraction of sp³-hybridized carbons (Fsp3) is 0.182. The summed E-state index contributed by atoms with van der Waals surface area (Å²) in [6.07, 6.45) is 1.99. The fourth-order valence-corrected chi connectivity index (χ4v) is 1.77. The third-order valence-corrected chi connectivity index (χ3v) is 3.21. The summed E-state index contributed by atoms with van der Waals surface area (Å²) < 4.78 is 15.5. The summed E-state index contributed by atoms with van der Waals surface area (Å²) >= 11 is 2.20. The molecule has 0 unspecified atom stereocenters. The number of aromatic nitrogens is 2. The van der Waals surface area contributed by atoms with E-state index in [4.69, 9.17) is 0 Å². The van der Waals surface area contributed by atoms with Gasteiger partial charge < -0.3 is 0 Å². The molecule has 0 aliphatic rings. The lowest BCUT2D eigenvalue weighted by atomic mass is 10.2. The monoisotopic (exact) mass is 316 g/mol. The molecule has 0 spiro atoms. The highest BCUT2D eigenvalue weighted by Crippen LogP contribution is 2.10. The highest BCUT2D eigenvalue weighted by molar-refractivity contribution is 14.1. The minimum Gasteiger partial charge on any atom is -0.267 e. The van der Waals surface area contributed by atoms with Crippen molar-refractivity contribution in [3.8, 4) is 0 Å². The first kappa shape index (κ1) is 10.6. The quantitative estimate of drug-likeness (QED) is 0.779. The molecule has 0 radical (unpaired) electrons. The smallest absolute Gasteiger partial charge is 0.126 e. The Labute approximate surface area is 101 Å². The number of hydrogen-bond acceptors (Lipinski definition) is 1. The van der Waals surface area contributed by atoms with E-state index in [9.17, 15) is 4.39 Å². The minimum absolute atomic E-state index is 0.204. The highest BCUT2D eigenvalue weighted by atomic mass is 127. The largest absolute Gasteiger partial charge is 0.267 e. The highest BCUT2D eigenvalue weighted by Gasteiger charge is 2.01. The molecular weight excluding hydrogens is 306 g/mol. The van der Waals surface area contributed by atoms with Crippen LogP contribution in [-0.2, 0) is 6.54 Å². The fourth-order valence-electron chi connectivity index (χ4n) is 1.36. The molecule has 0 aliphatic heterocycles.